The third kappa shape index (κ3) is 6.20. The zero-order valence-electron chi connectivity index (χ0n) is 13.4. The Morgan fingerprint density at radius 3 is 2.36 bits per heavy atom. The first-order chi connectivity index (χ1) is 11.8. The van der Waals surface area contributed by atoms with Crippen molar-refractivity contribution in [2.45, 2.75) is 20.3 Å². The molecule has 0 aliphatic carbocycles. The minimum absolute atomic E-state index is 0.0139. The fourth-order valence-corrected chi connectivity index (χ4v) is 1.95. The lowest BCUT2D eigenvalue weighted by Crippen LogP contribution is -2.23. The van der Waals surface area contributed by atoms with Crippen molar-refractivity contribution in [3.05, 3.63) is 32.3 Å². The molecule has 0 saturated carbocycles. The van der Waals surface area contributed by atoms with Crippen molar-refractivity contribution in [1.82, 2.24) is 0 Å². The molecule has 0 spiro atoms. The lowest BCUT2D eigenvalue weighted by atomic mass is 10.2. The van der Waals surface area contributed by atoms with Crippen LogP contribution in [0.1, 0.15) is 20.3 Å². The Kier molecular flexibility index (Phi) is 8.09. The van der Waals surface area contributed by atoms with Gasteiger partial charge in [-0.3, -0.25) is 20.3 Å². The van der Waals surface area contributed by atoms with Crippen LogP contribution in [0.3, 0.4) is 0 Å². The number of rotatable bonds is 8. The number of carbonyl (C=O) groups excluding carboxylic acids is 2. The molecule has 1 N–H and O–H groups in total. The van der Waals surface area contributed by atoms with Gasteiger partial charge in [0.25, 0.3) is 5.69 Å². The lowest BCUT2D eigenvalue weighted by Gasteiger charge is -2.08. The Labute approximate surface area is 153 Å². The van der Waals surface area contributed by atoms with Gasteiger partial charge in [0, 0.05) is 6.07 Å². The topological polar surface area (TPSA) is 120 Å². The third-order valence-electron chi connectivity index (χ3n) is 2.67. The summed E-state index contributed by atoms with van der Waals surface area (Å²) < 4.78 is 9.54. The van der Waals surface area contributed by atoms with E-state index in [0.717, 1.165) is 6.07 Å². The fraction of sp³-hybridized carbons (Fsp3) is 0.357. The zero-order chi connectivity index (χ0) is 19.0. The number of hydrogen-bond acceptors (Lipinski definition) is 8. The zero-order valence-corrected chi connectivity index (χ0v) is 14.9. The highest BCUT2D eigenvalue weighted by molar-refractivity contribution is 6.42. The van der Waals surface area contributed by atoms with Crippen LogP contribution >= 0.6 is 23.2 Å². The van der Waals surface area contributed by atoms with Crippen LogP contribution in [0.2, 0.25) is 10.0 Å². The van der Waals surface area contributed by atoms with Gasteiger partial charge in [-0.2, -0.15) is 5.10 Å². The molecule has 0 amide bonds. The number of nitrogens with one attached hydrogen (secondary N) is 1. The summed E-state index contributed by atoms with van der Waals surface area (Å²) in [6.45, 7) is 3.38. The van der Waals surface area contributed by atoms with Gasteiger partial charge in [0.15, 0.2) is 5.71 Å². The summed E-state index contributed by atoms with van der Waals surface area (Å²) in [5.74, 6) is -1.55. The molecule has 0 aliphatic heterocycles. The summed E-state index contributed by atoms with van der Waals surface area (Å²) >= 11 is 11.6. The quantitative estimate of drug-likeness (QED) is 0.312. The highest BCUT2D eigenvalue weighted by atomic mass is 35.5. The summed E-state index contributed by atoms with van der Waals surface area (Å²) in [7, 11) is 0. The molecule has 0 aromatic heterocycles. The molecule has 1 aromatic carbocycles. The van der Waals surface area contributed by atoms with E-state index in [1.807, 2.05) is 0 Å². The van der Waals surface area contributed by atoms with Gasteiger partial charge in [-0.1, -0.05) is 23.2 Å². The van der Waals surface area contributed by atoms with Crippen LogP contribution in [0, 0.1) is 10.1 Å². The largest absolute Gasteiger partial charge is 0.466 e. The molecule has 0 bridgehead atoms. The molecule has 136 valence electrons. The van der Waals surface area contributed by atoms with E-state index < -0.39 is 29.0 Å². The molecule has 1 rings (SSSR count). The van der Waals surface area contributed by atoms with Crippen LogP contribution in [0.5, 0.6) is 0 Å². The Bertz CT molecular complexity index is 708. The number of anilines is 1. The number of nitro groups is 1. The van der Waals surface area contributed by atoms with Crippen LogP contribution in [0.4, 0.5) is 11.4 Å². The number of nitro benzene ring substituents is 1. The molecule has 0 fully saturated rings. The van der Waals surface area contributed by atoms with Gasteiger partial charge < -0.3 is 9.47 Å². The minimum atomic E-state index is -0.856. The molecular formula is C14H15Cl2N3O6. The van der Waals surface area contributed by atoms with Crippen molar-refractivity contribution >= 4 is 52.2 Å². The first-order valence-electron chi connectivity index (χ1n) is 7.08. The Morgan fingerprint density at radius 2 is 1.80 bits per heavy atom. The number of hydrazone groups is 1. The van der Waals surface area contributed by atoms with E-state index in [0.29, 0.717) is 0 Å². The van der Waals surface area contributed by atoms with Gasteiger partial charge in [0.05, 0.1) is 34.6 Å². The van der Waals surface area contributed by atoms with Crippen molar-refractivity contribution in [1.29, 1.82) is 0 Å². The van der Waals surface area contributed by atoms with Crippen LogP contribution in [-0.2, 0) is 19.1 Å². The van der Waals surface area contributed by atoms with Crippen LogP contribution in [0.15, 0.2) is 17.2 Å². The molecule has 0 unspecified atom stereocenters. The smallest absolute Gasteiger partial charge is 0.355 e. The normalized spacial score (nSPS) is 11.0. The molecule has 25 heavy (non-hydrogen) atoms. The number of ether oxygens (including phenoxy) is 2. The van der Waals surface area contributed by atoms with E-state index in [1.54, 1.807) is 13.8 Å². The lowest BCUT2D eigenvalue weighted by molar-refractivity contribution is -0.383. The molecule has 9 nitrogen and oxygen atoms in total. The SMILES string of the molecule is CCOC(=O)C/C(=N\Nc1cc(Cl)c(Cl)cc1[N+](=O)[O-])C(=O)OCC. The summed E-state index contributed by atoms with van der Waals surface area (Å²) in [4.78, 5) is 33.8. The summed E-state index contributed by atoms with van der Waals surface area (Å²) in [5.41, 5.74) is 1.53. The molecular weight excluding hydrogens is 377 g/mol. The number of benzene rings is 1. The first-order valence-corrected chi connectivity index (χ1v) is 7.84. The molecule has 0 aliphatic rings. The average molecular weight is 392 g/mol. The maximum atomic E-state index is 11.9. The summed E-state index contributed by atoms with van der Waals surface area (Å²) in [5, 5.41) is 14.8. The first kappa shape index (κ1) is 20.7. The van der Waals surface area contributed by atoms with Gasteiger partial charge in [0.2, 0.25) is 0 Å². The van der Waals surface area contributed by atoms with Crippen molar-refractivity contribution < 1.29 is 24.0 Å². The van der Waals surface area contributed by atoms with Crippen molar-refractivity contribution in [2.75, 3.05) is 18.6 Å². The van der Waals surface area contributed by atoms with E-state index in [9.17, 15) is 19.7 Å². The highest BCUT2D eigenvalue weighted by Crippen LogP contribution is 2.33. The maximum absolute atomic E-state index is 11.9. The Morgan fingerprint density at radius 1 is 1.20 bits per heavy atom. The summed E-state index contributed by atoms with van der Waals surface area (Å²) in [6, 6.07) is 2.22. The number of nitrogens with zero attached hydrogens (tertiary/aromatic N) is 2. The van der Waals surface area contributed by atoms with Gasteiger partial charge >= 0.3 is 11.9 Å². The fourth-order valence-electron chi connectivity index (χ4n) is 1.63. The molecule has 11 heteroatoms. The predicted molar refractivity (Wildman–Crippen MR) is 92.1 cm³/mol. The van der Waals surface area contributed by atoms with E-state index in [1.165, 1.54) is 6.07 Å². The van der Waals surface area contributed by atoms with Crippen LogP contribution in [-0.4, -0.2) is 35.8 Å². The monoisotopic (exact) mass is 391 g/mol. The van der Waals surface area contributed by atoms with Crippen LogP contribution in [0.25, 0.3) is 0 Å². The predicted octanol–water partition coefficient (Wildman–Crippen LogP) is 3.19. The average Bonchev–Trinajstić information content (AvgIpc) is 2.54. The standard InChI is InChI=1S/C14H15Cl2N3O6/c1-3-24-13(20)7-11(14(21)25-4-2)18-17-10-5-8(15)9(16)6-12(10)19(22)23/h5-6,17H,3-4,7H2,1-2H3/b18-11+. The van der Waals surface area contributed by atoms with Crippen LogP contribution < -0.4 is 5.43 Å². The third-order valence-corrected chi connectivity index (χ3v) is 3.40. The number of hydrogen-bond donors (Lipinski definition) is 1. The second-order valence-corrected chi connectivity index (χ2v) is 5.23. The van der Waals surface area contributed by atoms with Crippen molar-refractivity contribution in [2.24, 2.45) is 5.10 Å². The van der Waals surface area contributed by atoms with Gasteiger partial charge in [-0.15, -0.1) is 0 Å². The van der Waals surface area contributed by atoms with E-state index >= 15 is 0 Å². The molecule has 0 saturated heterocycles. The molecule has 0 atom stereocenters. The Balaban J connectivity index is 3.14. The number of esters is 2. The van der Waals surface area contributed by atoms with Crippen molar-refractivity contribution in [3.63, 3.8) is 0 Å². The number of carbonyl (C=O) groups is 2. The van der Waals surface area contributed by atoms with Gasteiger partial charge in [-0.25, -0.2) is 4.79 Å². The maximum Gasteiger partial charge on any atom is 0.355 e. The van der Waals surface area contributed by atoms with Gasteiger partial charge in [0.1, 0.15) is 5.69 Å². The van der Waals surface area contributed by atoms with Crippen molar-refractivity contribution in [3.8, 4) is 0 Å². The number of halogens is 2. The minimum Gasteiger partial charge on any atom is -0.466 e. The van der Waals surface area contributed by atoms with E-state index in [-0.39, 0.29) is 34.7 Å². The van der Waals surface area contributed by atoms with Gasteiger partial charge in [-0.05, 0) is 19.9 Å². The van der Waals surface area contributed by atoms with E-state index in [4.69, 9.17) is 32.7 Å². The molecule has 0 radical (unpaired) electrons. The second-order valence-electron chi connectivity index (χ2n) is 4.41. The van der Waals surface area contributed by atoms with E-state index in [2.05, 4.69) is 10.5 Å². The molecule has 0 heterocycles. The second kappa shape index (κ2) is 9.80. The Hall–Kier alpha value is -2.39. The summed E-state index contributed by atoms with van der Waals surface area (Å²) in [6.07, 6.45) is -0.463. The molecule has 1 aromatic rings. The highest BCUT2D eigenvalue weighted by Gasteiger charge is 2.21.